The average molecular weight is 458 g/mol. The largest absolute Gasteiger partial charge is 0.433 e. The van der Waals surface area contributed by atoms with Gasteiger partial charge in [-0.1, -0.05) is 0 Å². The zero-order chi connectivity index (χ0) is 23.6. The van der Waals surface area contributed by atoms with Gasteiger partial charge in [-0.25, -0.2) is 9.67 Å². The summed E-state index contributed by atoms with van der Waals surface area (Å²) in [7, 11) is 0. The summed E-state index contributed by atoms with van der Waals surface area (Å²) in [5.41, 5.74) is -0.0400. The molecule has 1 fully saturated rings. The van der Waals surface area contributed by atoms with Gasteiger partial charge in [0.05, 0.1) is 17.6 Å². The summed E-state index contributed by atoms with van der Waals surface area (Å²) < 4.78 is 41.6. The highest BCUT2D eigenvalue weighted by molar-refractivity contribution is 5.92. The van der Waals surface area contributed by atoms with Crippen LogP contribution >= 0.6 is 0 Å². The highest BCUT2D eigenvalue weighted by atomic mass is 19.4. The molecule has 0 saturated carbocycles. The Balaban J connectivity index is 1.51. The van der Waals surface area contributed by atoms with E-state index < -0.39 is 11.9 Å². The van der Waals surface area contributed by atoms with Crippen LogP contribution < -0.4 is 5.32 Å². The molecule has 1 aliphatic heterocycles. The van der Waals surface area contributed by atoms with Crippen molar-refractivity contribution in [3.05, 3.63) is 54.6 Å². The van der Waals surface area contributed by atoms with Gasteiger partial charge in [0.1, 0.15) is 0 Å². The number of anilines is 1. The van der Waals surface area contributed by atoms with Crippen LogP contribution in [0.2, 0.25) is 0 Å². The summed E-state index contributed by atoms with van der Waals surface area (Å²) in [5, 5.41) is 6.82. The molecule has 172 valence electrons. The van der Waals surface area contributed by atoms with Gasteiger partial charge in [-0.2, -0.15) is 18.3 Å². The quantitative estimate of drug-likeness (QED) is 0.646. The number of nitrogens with zero attached hydrogens (tertiary/aromatic N) is 5. The summed E-state index contributed by atoms with van der Waals surface area (Å²) in [6.07, 6.45) is 0.707. The van der Waals surface area contributed by atoms with Crippen LogP contribution in [-0.4, -0.2) is 49.6 Å². The third kappa shape index (κ3) is 5.02. The number of carbonyl (C=O) groups excluding carboxylic acids is 2. The van der Waals surface area contributed by atoms with Gasteiger partial charge >= 0.3 is 6.18 Å². The number of pyridine rings is 2. The molecule has 4 heterocycles. The predicted molar refractivity (Wildman–Crippen MR) is 113 cm³/mol. The Kier molecular flexibility index (Phi) is 6.12. The maximum Gasteiger partial charge on any atom is 0.433 e. The van der Waals surface area contributed by atoms with E-state index in [1.807, 2.05) is 0 Å². The highest BCUT2D eigenvalue weighted by Crippen LogP contribution is 2.33. The lowest BCUT2D eigenvalue weighted by Crippen LogP contribution is -2.40. The molecular weight excluding hydrogens is 437 g/mol. The van der Waals surface area contributed by atoms with E-state index in [2.05, 4.69) is 20.4 Å². The molecule has 0 radical (unpaired) electrons. The summed E-state index contributed by atoms with van der Waals surface area (Å²) in [6.45, 7) is 2.53. The van der Waals surface area contributed by atoms with Gasteiger partial charge in [0.2, 0.25) is 11.8 Å². The van der Waals surface area contributed by atoms with Gasteiger partial charge in [0, 0.05) is 43.9 Å². The maximum absolute atomic E-state index is 13.6. The summed E-state index contributed by atoms with van der Waals surface area (Å²) >= 11 is 0. The lowest BCUT2D eigenvalue weighted by atomic mass is 9.96. The summed E-state index contributed by atoms with van der Waals surface area (Å²) in [5.74, 6) is -0.505. The fraction of sp³-hybridized carbons (Fsp3) is 0.318. The van der Waals surface area contributed by atoms with Crippen LogP contribution in [0.3, 0.4) is 0 Å². The van der Waals surface area contributed by atoms with E-state index in [4.69, 9.17) is 0 Å². The lowest BCUT2D eigenvalue weighted by molar-refractivity contribution is -0.142. The number of amides is 2. The van der Waals surface area contributed by atoms with Crippen molar-refractivity contribution in [2.45, 2.75) is 25.9 Å². The van der Waals surface area contributed by atoms with Gasteiger partial charge in [0.25, 0.3) is 0 Å². The highest BCUT2D eigenvalue weighted by Gasteiger charge is 2.37. The van der Waals surface area contributed by atoms with Crippen LogP contribution in [0.25, 0.3) is 17.1 Å². The molecular formula is C22H21F3N6O2. The molecule has 0 bridgehead atoms. The van der Waals surface area contributed by atoms with E-state index in [-0.39, 0.29) is 29.2 Å². The Morgan fingerprint density at radius 2 is 1.88 bits per heavy atom. The Bertz CT molecular complexity index is 1140. The van der Waals surface area contributed by atoms with Crippen molar-refractivity contribution in [2.24, 2.45) is 5.92 Å². The SMILES string of the molecule is CC(=O)N1CCC(C(=O)Nc2ccc(-n3nc(-c4cccnc4)cc3C(F)(F)F)nc2)CC1. The molecule has 3 aromatic rings. The Morgan fingerprint density at radius 3 is 2.45 bits per heavy atom. The first-order valence-electron chi connectivity index (χ1n) is 10.3. The second-order valence-electron chi connectivity index (χ2n) is 7.74. The average Bonchev–Trinajstić information content (AvgIpc) is 3.26. The van der Waals surface area contributed by atoms with Crippen molar-refractivity contribution in [3.63, 3.8) is 0 Å². The van der Waals surface area contributed by atoms with Crippen molar-refractivity contribution in [2.75, 3.05) is 18.4 Å². The molecule has 0 atom stereocenters. The fourth-order valence-corrected chi connectivity index (χ4v) is 3.70. The Morgan fingerprint density at radius 1 is 1.12 bits per heavy atom. The monoisotopic (exact) mass is 458 g/mol. The predicted octanol–water partition coefficient (Wildman–Crippen LogP) is 3.55. The van der Waals surface area contributed by atoms with Crippen LogP contribution in [0.4, 0.5) is 18.9 Å². The van der Waals surface area contributed by atoms with Crippen molar-refractivity contribution in [3.8, 4) is 17.1 Å². The van der Waals surface area contributed by atoms with Crippen molar-refractivity contribution in [1.29, 1.82) is 0 Å². The van der Waals surface area contributed by atoms with Crippen LogP contribution in [-0.2, 0) is 15.8 Å². The van der Waals surface area contributed by atoms with Crippen LogP contribution in [0.5, 0.6) is 0 Å². The number of likely N-dealkylation sites (tertiary alicyclic amines) is 1. The van der Waals surface area contributed by atoms with Crippen molar-refractivity contribution in [1.82, 2.24) is 24.6 Å². The number of carbonyl (C=O) groups is 2. The minimum atomic E-state index is -4.64. The van der Waals surface area contributed by atoms with Crippen LogP contribution in [0.15, 0.2) is 48.9 Å². The molecule has 1 aliphatic rings. The Labute approximate surface area is 187 Å². The molecule has 3 aromatic heterocycles. The molecule has 0 unspecified atom stereocenters. The smallest absolute Gasteiger partial charge is 0.343 e. The third-order valence-electron chi connectivity index (χ3n) is 5.50. The van der Waals surface area contributed by atoms with E-state index in [1.165, 1.54) is 37.6 Å². The first-order chi connectivity index (χ1) is 15.7. The lowest BCUT2D eigenvalue weighted by Gasteiger charge is -2.30. The molecule has 0 aliphatic carbocycles. The topological polar surface area (TPSA) is 93.0 Å². The maximum atomic E-state index is 13.6. The summed E-state index contributed by atoms with van der Waals surface area (Å²) in [4.78, 5) is 33.6. The molecule has 0 aromatic carbocycles. The van der Waals surface area contributed by atoms with Crippen molar-refractivity contribution < 1.29 is 22.8 Å². The molecule has 11 heteroatoms. The normalized spacial score (nSPS) is 14.8. The number of nitrogens with one attached hydrogen (secondary N) is 1. The molecule has 8 nitrogen and oxygen atoms in total. The zero-order valence-electron chi connectivity index (χ0n) is 17.7. The van der Waals surface area contributed by atoms with Gasteiger partial charge in [-0.3, -0.25) is 14.6 Å². The number of alkyl halides is 3. The molecule has 2 amide bonds. The van der Waals surface area contributed by atoms with E-state index in [9.17, 15) is 22.8 Å². The number of hydrogen-bond donors (Lipinski definition) is 1. The molecule has 33 heavy (non-hydrogen) atoms. The van der Waals surface area contributed by atoms with Gasteiger partial charge in [0.15, 0.2) is 11.5 Å². The second-order valence-corrected chi connectivity index (χ2v) is 7.74. The van der Waals surface area contributed by atoms with Gasteiger partial charge in [-0.15, -0.1) is 0 Å². The van der Waals surface area contributed by atoms with E-state index >= 15 is 0 Å². The van der Waals surface area contributed by atoms with Gasteiger partial charge < -0.3 is 10.2 Å². The van der Waals surface area contributed by atoms with Crippen LogP contribution in [0.1, 0.15) is 25.5 Å². The number of halogens is 3. The number of rotatable bonds is 4. The van der Waals surface area contributed by atoms with Crippen LogP contribution in [0, 0.1) is 5.92 Å². The standard InChI is InChI=1S/C22H21F3N6O2/c1-14(32)30-9-6-15(7-10-30)21(33)28-17-4-5-20(27-13-17)31-19(22(23,24)25)11-18(29-31)16-3-2-8-26-12-16/h2-5,8,11-13,15H,6-7,9-10H2,1H3,(H,28,33). The number of hydrogen-bond acceptors (Lipinski definition) is 5. The van der Waals surface area contributed by atoms with Gasteiger partial charge in [-0.05, 0) is 43.2 Å². The molecule has 0 spiro atoms. The zero-order valence-corrected chi connectivity index (χ0v) is 17.7. The first kappa shape index (κ1) is 22.4. The number of piperidine rings is 1. The molecule has 1 saturated heterocycles. The molecule has 4 rings (SSSR count). The second kappa shape index (κ2) is 9.00. The fourth-order valence-electron chi connectivity index (χ4n) is 3.70. The third-order valence-corrected chi connectivity index (χ3v) is 5.50. The van der Waals surface area contributed by atoms with E-state index in [0.29, 0.717) is 37.2 Å². The minimum Gasteiger partial charge on any atom is -0.343 e. The Hall–Kier alpha value is -3.76. The van der Waals surface area contributed by atoms with E-state index in [1.54, 1.807) is 17.0 Å². The van der Waals surface area contributed by atoms with E-state index in [0.717, 1.165) is 10.7 Å². The minimum absolute atomic E-state index is 0.0165. The first-order valence-corrected chi connectivity index (χ1v) is 10.3. The van der Waals surface area contributed by atoms with Crippen molar-refractivity contribution >= 4 is 17.5 Å². The number of aromatic nitrogens is 4. The molecule has 1 N–H and O–H groups in total. The summed E-state index contributed by atoms with van der Waals surface area (Å²) in [6, 6.07) is 7.02.